The molecule has 0 atom stereocenters. The van der Waals surface area contributed by atoms with Crippen LogP contribution in [0.5, 0.6) is 0 Å². The van der Waals surface area contributed by atoms with E-state index >= 15 is 0 Å². The minimum atomic E-state index is 0.797. The molecule has 1 heteroatoms. The third kappa shape index (κ3) is 5.60. The Morgan fingerprint density at radius 2 is 1.36 bits per heavy atom. The zero-order valence-corrected chi connectivity index (χ0v) is 17.1. The highest BCUT2D eigenvalue weighted by Gasteiger charge is 2.01. The molecule has 0 bridgehead atoms. The standard InChI is InChI=1S/C27H31N/c1-3-4-5-6-7-22-8-12-25(13-9-22)26-16-14-24(15-17-26)21(2)20-23-10-18-27(28)19-11-23/h8-20H,3-7,28H2,1-2H3/b21-20+. The number of hydrogen-bond acceptors (Lipinski definition) is 1. The molecule has 0 fully saturated rings. The van der Waals surface area contributed by atoms with E-state index in [0.717, 1.165) is 5.69 Å². The maximum absolute atomic E-state index is 5.77. The molecule has 0 saturated heterocycles. The fraction of sp³-hybridized carbons (Fsp3) is 0.259. The van der Waals surface area contributed by atoms with Crippen molar-refractivity contribution in [3.8, 4) is 11.1 Å². The third-order valence-electron chi connectivity index (χ3n) is 5.27. The van der Waals surface area contributed by atoms with Crippen LogP contribution in [0, 0.1) is 0 Å². The molecule has 0 amide bonds. The molecule has 0 radical (unpaired) electrons. The van der Waals surface area contributed by atoms with Crippen LogP contribution in [0.3, 0.4) is 0 Å². The fourth-order valence-electron chi connectivity index (χ4n) is 3.47. The summed E-state index contributed by atoms with van der Waals surface area (Å²) >= 11 is 0. The lowest BCUT2D eigenvalue weighted by atomic mass is 9.98. The van der Waals surface area contributed by atoms with E-state index in [2.05, 4.69) is 80.6 Å². The minimum Gasteiger partial charge on any atom is -0.399 e. The maximum atomic E-state index is 5.77. The van der Waals surface area contributed by atoms with Crippen molar-refractivity contribution in [3.63, 3.8) is 0 Å². The molecule has 0 spiro atoms. The van der Waals surface area contributed by atoms with E-state index in [0.29, 0.717) is 0 Å². The summed E-state index contributed by atoms with van der Waals surface area (Å²) in [6, 6.07) is 25.9. The Morgan fingerprint density at radius 3 is 1.96 bits per heavy atom. The van der Waals surface area contributed by atoms with Crippen LogP contribution in [0.2, 0.25) is 0 Å². The second-order valence-electron chi connectivity index (χ2n) is 7.58. The van der Waals surface area contributed by atoms with Crippen molar-refractivity contribution in [1.82, 2.24) is 0 Å². The zero-order valence-electron chi connectivity index (χ0n) is 17.1. The van der Waals surface area contributed by atoms with Gasteiger partial charge in [0.25, 0.3) is 0 Å². The molecule has 0 unspecified atom stereocenters. The van der Waals surface area contributed by atoms with Crippen molar-refractivity contribution < 1.29 is 0 Å². The predicted molar refractivity (Wildman–Crippen MR) is 124 cm³/mol. The first-order valence-corrected chi connectivity index (χ1v) is 10.4. The summed E-state index contributed by atoms with van der Waals surface area (Å²) in [5.74, 6) is 0. The van der Waals surface area contributed by atoms with Gasteiger partial charge in [0.1, 0.15) is 0 Å². The highest BCUT2D eigenvalue weighted by atomic mass is 14.5. The van der Waals surface area contributed by atoms with Crippen molar-refractivity contribution in [3.05, 3.63) is 89.5 Å². The summed E-state index contributed by atoms with van der Waals surface area (Å²) in [7, 11) is 0. The van der Waals surface area contributed by atoms with E-state index in [4.69, 9.17) is 5.73 Å². The van der Waals surface area contributed by atoms with Crippen molar-refractivity contribution >= 4 is 17.3 Å². The van der Waals surface area contributed by atoms with E-state index < -0.39 is 0 Å². The molecule has 0 heterocycles. The Kier molecular flexibility index (Phi) is 7.08. The molecule has 144 valence electrons. The Morgan fingerprint density at radius 1 is 0.750 bits per heavy atom. The zero-order chi connectivity index (χ0) is 19.8. The summed E-state index contributed by atoms with van der Waals surface area (Å²) in [4.78, 5) is 0. The van der Waals surface area contributed by atoms with Crippen LogP contribution in [-0.2, 0) is 6.42 Å². The van der Waals surface area contributed by atoms with Crippen molar-refractivity contribution in [2.45, 2.75) is 46.0 Å². The van der Waals surface area contributed by atoms with E-state index in [1.165, 1.54) is 65.5 Å². The Hall–Kier alpha value is -2.80. The first-order valence-electron chi connectivity index (χ1n) is 10.4. The van der Waals surface area contributed by atoms with Gasteiger partial charge in [-0.3, -0.25) is 0 Å². The van der Waals surface area contributed by atoms with Gasteiger partial charge in [0.05, 0.1) is 0 Å². The van der Waals surface area contributed by atoms with Gasteiger partial charge in [-0.05, 0) is 65.3 Å². The first kappa shape index (κ1) is 19.9. The van der Waals surface area contributed by atoms with E-state index in [1.807, 2.05) is 12.1 Å². The van der Waals surface area contributed by atoms with Crippen LogP contribution in [0.1, 0.15) is 56.2 Å². The number of allylic oxidation sites excluding steroid dienone is 1. The predicted octanol–water partition coefficient (Wildman–Crippen LogP) is 7.62. The highest BCUT2D eigenvalue weighted by Crippen LogP contribution is 2.24. The van der Waals surface area contributed by atoms with Crippen LogP contribution < -0.4 is 5.73 Å². The number of nitrogens with two attached hydrogens (primary N) is 1. The SMILES string of the molecule is CCCCCCc1ccc(-c2ccc(/C(C)=C/c3ccc(N)cc3)cc2)cc1. The van der Waals surface area contributed by atoms with Crippen molar-refractivity contribution in [1.29, 1.82) is 0 Å². The lowest BCUT2D eigenvalue weighted by Gasteiger charge is -2.07. The van der Waals surface area contributed by atoms with Gasteiger partial charge < -0.3 is 5.73 Å². The van der Waals surface area contributed by atoms with Gasteiger partial charge in [-0.25, -0.2) is 0 Å². The molecule has 0 aromatic heterocycles. The number of rotatable bonds is 8. The van der Waals surface area contributed by atoms with E-state index in [1.54, 1.807) is 0 Å². The summed E-state index contributed by atoms with van der Waals surface area (Å²) < 4.78 is 0. The van der Waals surface area contributed by atoms with Crippen LogP contribution in [0.25, 0.3) is 22.8 Å². The second kappa shape index (κ2) is 9.94. The summed E-state index contributed by atoms with van der Waals surface area (Å²) in [6.07, 6.45) is 8.65. The fourth-order valence-corrected chi connectivity index (χ4v) is 3.47. The molecule has 1 nitrogen and oxygen atoms in total. The number of benzene rings is 3. The van der Waals surface area contributed by atoms with Crippen molar-refractivity contribution in [2.24, 2.45) is 0 Å². The number of unbranched alkanes of at least 4 members (excludes halogenated alkanes) is 3. The van der Waals surface area contributed by atoms with Crippen LogP contribution in [-0.4, -0.2) is 0 Å². The van der Waals surface area contributed by atoms with E-state index in [-0.39, 0.29) is 0 Å². The van der Waals surface area contributed by atoms with Crippen molar-refractivity contribution in [2.75, 3.05) is 5.73 Å². The van der Waals surface area contributed by atoms with Gasteiger partial charge in [-0.1, -0.05) is 92.9 Å². The smallest absolute Gasteiger partial charge is 0.0314 e. The van der Waals surface area contributed by atoms with Gasteiger partial charge in [0.2, 0.25) is 0 Å². The molecule has 3 aromatic rings. The molecule has 0 aliphatic rings. The van der Waals surface area contributed by atoms with Crippen LogP contribution in [0.4, 0.5) is 5.69 Å². The maximum Gasteiger partial charge on any atom is 0.0314 e. The van der Waals surface area contributed by atoms with Crippen LogP contribution >= 0.6 is 0 Å². The quantitative estimate of drug-likeness (QED) is 0.247. The molecule has 28 heavy (non-hydrogen) atoms. The summed E-state index contributed by atoms with van der Waals surface area (Å²) in [5.41, 5.74) is 14.2. The van der Waals surface area contributed by atoms with Gasteiger partial charge in [0, 0.05) is 5.69 Å². The Labute approximate surface area is 169 Å². The van der Waals surface area contributed by atoms with Gasteiger partial charge >= 0.3 is 0 Å². The average Bonchev–Trinajstić information content (AvgIpc) is 2.73. The Balaban J connectivity index is 1.65. The topological polar surface area (TPSA) is 26.0 Å². The molecular weight excluding hydrogens is 338 g/mol. The average molecular weight is 370 g/mol. The normalized spacial score (nSPS) is 11.6. The Bertz CT molecular complexity index is 885. The molecule has 3 aromatic carbocycles. The monoisotopic (exact) mass is 369 g/mol. The summed E-state index contributed by atoms with van der Waals surface area (Å²) in [6.45, 7) is 4.41. The molecular formula is C27H31N. The number of aryl methyl sites for hydroxylation is 1. The van der Waals surface area contributed by atoms with Gasteiger partial charge in [0.15, 0.2) is 0 Å². The van der Waals surface area contributed by atoms with E-state index in [9.17, 15) is 0 Å². The minimum absolute atomic E-state index is 0.797. The van der Waals surface area contributed by atoms with Gasteiger partial charge in [-0.15, -0.1) is 0 Å². The molecule has 2 N–H and O–H groups in total. The molecule has 0 saturated carbocycles. The highest BCUT2D eigenvalue weighted by molar-refractivity contribution is 5.81. The van der Waals surface area contributed by atoms with Gasteiger partial charge in [-0.2, -0.15) is 0 Å². The third-order valence-corrected chi connectivity index (χ3v) is 5.27. The molecule has 3 rings (SSSR count). The first-order chi connectivity index (χ1) is 13.7. The lowest BCUT2D eigenvalue weighted by Crippen LogP contribution is -1.87. The number of anilines is 1. The largest absolute Gasteiger partial charge is 0.399 e. The number of hydrogen-bond donors (Lipinski definition) is 1. The lowest BCUT2D eigenvalue weighted by molar-refractivity contribution is 0.667. The second-order valence-corrected chi connectivity index (χ2v) is 7.58. The molecule has 0 aliphatic heterocycles. The molecule has 0 aliphatic carbocycles. The summed E-state index contributed by atoms with van der Waals surface area (Å²) in [5, 5.41) is 0. The number of nitrogen functional groups attached to an aromatic ring is 1. The van der Waals surface area contributed by atoms with Crippen LogP contribution in [0.15, 0.2) is 72.8 Å².